The van der Waals surface area contributed by atoms with Gasteiger partial charge in [-0.3, -0.25) is 0 Å². The number of allylic oxidation sites excluding steroid dienone is 1. The van der Waals surface area contributed by atoms with Gasteiger partial charge in [0.15, 0.2) is 5.58 Å². The topological polar surface area (TPSA) is 31.0 Å². The Labute approximate surface area is 325 Å². The Kier molecular flexibility index (Phi) is 7.63. The van der Waals surface area contributed by atoms with E-state index in [1.54, 1.807) is 0 Å². The van der Waals surface area contributed by atoms with Gasteiger partial charge in [-0.2, -0.15) is 0 Å². The number of hydrogen-bond donors (Lipinski definition) is 0. The number of oxazole rings is 1. The molecule has 0 amide bonds. The van der Waals surface area contributed by atoms with Crippen LogP contribution in [0.4, 0.5) is 0 Å². The van der Waals surface area contributed by atoms with Crippen LogP contribution in [0.15, 0.2) is 192 Å². The molecule has 0 unspecified atom stereocenters. The van der Waals surface area contributed by atoms with Gasteiger partial charge in [-0.25, -0.2) is 4.98 Å². The van der Waals surface area contributed by atoms with Crippen LogP contribution in [0.5, 0.6) is 0 Å². The highest BCUT2D eigenvalue weighted by Crippen LogP contribution is 2.42. The summed E-state index contributed by atoms with van der Waals surface area (Å²) in [4.78, 5) is 5.05. The fourth-order valence-corrected chi connectivity index (χ4v) is 8.65. The van der Waals surface area contributed by atoms with Crippen LogP contribution < -0.4 is 0 Å². The maximum absolute atomic E-state index is 6.38. The van der Waals surface area contributed by atoms with Crippen LogP contribution in [0, 0.1) is 0 Å². The fraction of sp³-hybridized carbons (Fsp3) is 0.0377. The molecule has 1 aliphatic carbocycles. The molecular formula is C53H36N2O. The molecule has 0 fully saturated rings. The van der Waals surface area contributed by atoms with Gasteiger partial charge in [-0.1, -0.05) is 146 Å². The molecule has 56 heavy (non-hydrogen) atoms. The third-order valence-electron chi connectivity index (χ3n) is 11.3. The quantitative estimate of drug-likeness (QED) is 0.172. The van der Waals surface area contributed by atoms with Crippen molar-refractivity contribution in [3.05, 3.63) is 199 Å². The number of benzene rings is 8. The zero-order chi connectivity index (χ0) is 37.0. The van der Waals surface area contributed by atoms with E-state index in [0.717, 1.165) is 46.2 Å². The number of para-hydroxylation sites is 2. The first kappa shape index (κ1) is 32.2. The highest BCUT2D eigenvalue weighted by molar-refractivity contribution is 5.99. The van der Waals surface area contributed by atoms with Crippen molar-refractivity contribution in [2.24, 2.45) is 0 Å². The van der Waals surface area contributed by atoms with E-state index in [0.29, 0.717) is 5.89 Å². The summed E-state index contributed by atoms with van der Waals surface area (Å²) in [5, 5.41) is 3.72. The molecule has 11 rings (SSSR count). The molecule has 3 heteroatoms. The lowest BCUT2D eigenvalue weighted by molar-refractivity contribution is 0.620. The van der Waals surface area contributed by atoms with Gasteiger partial charge in [0.25, 0.3) is 0 Å². The van der Waals surface area contributed by atoms with Gasteiger partial charge in [-0.05, 0) is 111 Å². The van der Waals surface area contributed by atoms with Crippen LogP contribution >= 0.6 is 0 Å². The van der Waals surface area contributed by atoms with Gasteiger partial charge >= 0.3 is 0 Å². The van der Waals surface area contributed by atoms with Crippen LogP contribution in [0.1, 0.15) is 17.7 Å². The van der Waals surface area contributed by atoms with Crippen molar-refractivity contribution in [1.29, 1.82) is 0 Å². The summed E-state index contributed by atoms with van der Waals surface area (Å²) in [6, 6.07) is 65.1. The third-order valence-corrected chi connectivity index (χ3v) is 11.3. The highest BCUT2D eigenvalue weighted by atomic mass is 16.3. The summed E-state index contributed by atoms with van der Waals surface area (Å²) in [7, 11) is 0. The SMILES string of the molecule is C1=Cc2c(n(-c3ccccc3)c3ccc(-c4ccccc4-c4ccccc4-c4ccc(-c5nc6c(-c7ccc8ccccc8c7)cccc6o5)cc4)cc23)CC1. The minimum atomic E-state index is 0.618. The third kappa shape index (κ3) is 5.39. The van der Waals surface area contributed by atoms with Crippen molar-refractivity contribution < 1.29 is 4.42 Å². The van der Waals surface area contributed by atoms with Gasteiger partial charge in [0, 0.05) is 33.5 Å². The van der Waals surface area contributed by atoms with Crippen molar-refractivity contribution >= 4 is 38.9 Å². The monoisotopic (exact) mass is 716 g/mol. The summed E-state index contributed by atoms with van der Waals surface area (Å²) in [5.41, 5.74) is 17.1. The second-order valence-electron chi connectivity index (χ2n) is 14.6. The van der Waals surface area contributed by atoms with Gasteiger partial charge in [-0.15, -0.1) is 0 Å². The second-order valence-corrected chi connectivity index (χ2v) is 14.6. The number of rotatable bonds is 6. The lowest BCUT2D eigenvalue weighted by Gasteiger charge is -2.15. The Hall–Kier alpha value is -7.23. The van der Waals surface area contributed by atoms with Crippen molar-refractivity contribution in [3.63, 3.8) is 0 Å². The predicted molar refractivity (Wildman–Crippen MR) is 233 cm³/mol. The maximum atomic E-state index is 6.38. The zero-order valence-corrected chi connectivity index (χ0v) is 30.7. The fourth-order valence-electron chi connectivity index (χ4n) is 8.65. The first-order valence-electron chi connectivity index (χ1n) is 19.3. The molecule has 264 valence electrons. The van der Waals surface area contributed by atoms with Crippen molar-refractivity contribution in [3.8, 4) is 61.6 Å². The smallest absolute Gasteiger partial charge is 0.227 e. The lowest BCUT2D eigenvalue weighted by atomic mass is 9.88. The van der Waals surface area contributed by atoms with Gasteiger partial charge in [0.2, 0.25) is 5.89 Å². The number of aromatic nitrogens is 2. The number of nitrogens with zero attached hydrogens (tertiary/aromatic N) is 2. The van der Waals surface area contributed by atoms with E-state index in [-0.39, 0.29) is 0 Å². The molecular weight excluding hydrogens is 681 g/mol. The summed E-state index contributed by atoms with van der Waals surface area (Å²) in [6.45, 7) is 0. The van der Waals surface area contributed by atoms with Crippen molar-refractivity contribution in [2.45, 2.75) is 12.8 Å². The average Bonchev–Trinajstić information content (AvgIpc) is 3.86. The van der Waals surface area contributed by atoms with E-state index < -0.39 is 0 Å². The molecule has 0 aliphatic heterocycles. The normalized spacial score (nSPS) is 12.4. The van der Waals surface area contributed by atoms with Crippen LogP contribution in [-0.4, -0.2) is 9.55 Å². The van der Waals surface area contributed by atoms with Crippen LogP contribution in [0.2, 0.25) is 0 Å². The molecule has 1 aliphatic rings. The first-order chi connectivity index (χ1) is 27.8. The Bertz CT molecular complexity index is 3130. The van der Waals surface area contributed by atoms with Crippen molar-refractivity contribution in [2.75, 3.05) is 0 Å². The van der Waals surface area contributed by atoms with Gasteiger partial charge < -0.3 is 8.98 Å². The minimum Gasteiger partial charge on any atom is -0.436 e. The molecule has 3 nitrogen and oxygen atoms in total. The van der Waals surface area contributed by atoms with Crippen molar-refractivity contribution in [1.82, 2.24) is 9.55 Å². The Morgan fingerprint density at radius 1 is 0.482 bits per heavy atom. The second kappa shape index (κ2) is 13.3. The molecule has 8 aromatic carbocycles. The molecule has 10 aromatic rings. The molecule has 0 atom stereocenters. The molecule has 2 heterocycles. The first-order valence-corrected chi connectivity index (χ1v) is 19.3. The van der Waals surface area contributed by atoms with E-state index in [4.69, 9.17) is 9.40 Å². The summed E-state index contributed by atoms with van der Waals surface area (Å²) < 4.78 is 8.83. The molecule has 2 aromatic heterocycles. The van der Waals surface area contributed by atoms with Gasteiger partial charge in [0.1, 0.15) is 5.52 Å². The van der Waals surface area contributed by atoms with Crippen LogP contribution in [0.3, 0.4) is 0 Å². The van der Waals surface area contributed by atoms with E-state index >= 15 is 0 Å². The largest absolute Gasteiger partial charge is 0.436 e. The maximum Gasteiger partial charge on any atom is 0.227 e. The lowest BCUT2D eigenvalue weighted by Crippen LogP contribution is -2.02. The number of hydrogen-bond acceptors (Lipinski definition) is 2. The van der Waals surface area contributed by atoms with E-state index in [1.807, 2.05) is 12.1 Å². The molecule has 0 N–H and O–H groups in total. The summed E-state index contributed by atoms with van der Waals surface area (Å²) in [6.07, 6.45) is 6.73. The van der Waals surface area contributed by atoms with E-state index in [2.05, 4.69) is 187 Å². The Morgan fingerprint density at radius 3 is 1.91 bits per heavy atom. The standard InChI is InChI=1S/C53H36N2O/c1-2-15-41(16-3-1)55-49-23-11-10-21-47(49)48-34-40(31-32-50(48)55)43-18-7-9-20-46(43)45-19-8-6-17-42(45)36-26-28-37(29-27-36)53-54-52-44(22-12-24-51(52)56-53)39-30-25-35-13-4-5-14-38(35)33-39/h1-10,12-22,24-34H,11,23H2. The predicted octanol–water partition coefficient (Wildman–Crippen LogP) is 14.2. The molecule has 0 radical (unpaired) electrons. The average molecular weight is 717 g/mol. The van der Waals surface area contributed by atoms with E-state index in [9.17, 15) is 0 Å². The molecule has 0 saturated heterocycles. The summed E-state index contributed by atoms with van der Waals surface area (Å²) >= 11 is 0. The van der Waals surface area contributed by atoms with Crippen LogP contribution in [0.25, 0.3) is 101 Å². The van der Waals surface area contributed by atoms with E-state index in [1.165, 1.54) is 66.4 Å². The molecule has 0 bridgehead atoms. The Morgan fingerprint density at radius 2 is 1.11 bits per heavy atom. The molecule has 0 spiro atoms. The Balaban J connectivity index is 0.957. The number of fused-ring (bicyclic) bond motifs is 5. The highest BCUT2D eigenvalue weighted by Gasteiger charge is 2.21. The minimum absolute atomic E-state index is 0.618. The van der Waals surface area contributed by atoms with Gasteiger partial charge in [0.05, 0.1) is 5.52 Å². The zero-order valence-electron chi connectivity index (χ0n) is 30.7. The van der Waals surface area contributed by atoms with Crippen LogP contribution in [-0.2, 0) is 6.42 Å². The summed E-state index contributed by atoms with van der Waals surface area (Å²) in [5.74, 6) is 0.618. The molecule has 0 saturated carbocycles.